The van der Waals surface area contributed by atoms with Gasteiger partial charge in [0.2, 0.25) is 5.91 Å². The molecule has 0 spiro atoms. The third-order valence-electron chi connectivity index (χ3n) is 2.89. The Bertz CT molecular complexity index is 673. The summed E-state index contributed by atoms with van der Waals surface area (Å²) in [4.78, 5) is 27.4. The van der Waals surface area contributed by atoms with Crippen molar-refractivity contribution in [1.29, 1.82) is 0 Å². The average Bonchev–Trinajstić information content (AvgIpc) is 2.46. The third kappa shape index (κ3) is 3.33. The molecule has 2 N–H and O–H groups in total. The molecule has 0 saturated carbocycles. The van der Waals surface area contributed by atoms with Crippen molar-refractivity contribution in [3.8, 4) is 11.3 Å². The number of benzene rings is 1. The molecule has 0 aliphatic heterocycles. The van der Waals surface area contributed by atoms with E-state index < -0.39 is 10.8 Å². The number of nitro groups is 1. The van der Waals surface area contributed by atoms with E-state index in [2.05, 4.69) is 4.98 Å². The van der Waals surface area contributed by atoms with Crippen molar-refractivity contribution < 1.29 is 9.72 Å². The monoisotopic (exact) mass is 286 g/mol. The highest BCUT2D eigenvalue weighted by atomic mass is 16.6. The molecule has 108 valence electrons. The lowest BCUT2D eigenvalue weighted by Gasteiger charge is -2.16. The predicted octanol–water partition coefficient (Wildman–Crippen LogP) is 1.58. The predicted molar refractivity (Wildman–Crippen MR) is 78.8 cm³/mol. The Balaban J connectivity index is 2.50. The number of anilines is 1. The number of nitrogens with two attached hydrogens (primary N) is 1. The van der Waals surface area contributed by atoms with Crippen LogP contribution in [0, 0.1) is 10.1 Å². The Kier molecular flexibility index (Phi) is 4.13. The van der Waals surface area contributed by atoms with Gasteiger partial charge in [-0.25, -0.2) is 4.98 Å². The number of aromatic nitrogens is 1. The number of primary amides is 1. The molecule has 1 amide bonds. The van der Waals surface area contributed by atoms with Crippen LogP contribution in [0.15, 0.2) is 42.5 Å². The number of carbonyl (C=O) groups excluding carboxylic acids is 1. The van der Waals surface area contributed by atoms with Crippen LogP contribution in [-0.2, 0) is 4.79 Å². The van der Waals surface area contributed by atoms with Crippen LogP contribution in [0.3, 0.4) is 0 Å². The van der Waals surface area contributed by atoms with Crippen molar-refractivity contribution in [2.24, 2.45) is 5.73 Å². The van der Waals surface area contributed by atoms with Crippen LogP contribution >= 0.6 is 0 Å². The summed E-state index contributed by atoms with van der Waals surface area (Å²) in [5.41, 5.74) is 5.95. The maximum Gasteiger partial charge on any atom is 0.295 e. The lowest BCUT2D eigenvalue weighted by Crippen LogP contribution is -2.31. The Hall–Kier alpha value is -2.96. The Morgan fingerprint density at radius 1 is 1.29 bits per heavy atom. The highest BCUT2D eigenvalue weighted by Gasteiger charge is 2.19. The number of hydrogen-bond acceptors (Lipinski definition) is 5. The zero-order chi connectivity index (χ0) is 15.4. The highest BCUT2D eigenvalue weighted by molar-refractivity contribution is 5.79. The van der Waals surface area contributed by atoms with Gasteiger partial charge >= 0.3 is 0 Å². The van der Waals surface area contributed by atoms with Gasteiger partial charge in [0.15, 0.2) is 5.69 Å². The van der Waals surface area contributed by atoms with Gasteiger partial charge in [0.25, 0.3) is 5.69 Å². The van der Waals surface area contributed by atoms with Crippen LogP contribution in [0.2, 0.25) is 0 Å². The van der Waals surface area contributed by atoms with Crippen molar-refractivity contribution in [3.05, 3.63) is 52.6 Å². The summed E-state index contributed by atoms with van der Waals surface area (Å²) in [7, 11) is 1.65. The van der Waals surface area contributed by atoms with E-state index in [0.717, 1.165) is 0 Å². The van der Waals surface area contributed by atoms with Gasteiger partial charge in [0.05, 0.1) is 11.5 Å². The minimum absolute atomic E-state index is 0.0148. The van der Waals surface area contributed by atoms with Crippen molar-refractivity contribution in [2.45, 2.75) is 0 Å². The van der Waals surface area contributed by atoms with E-state index in [9.17, 15) is 14.9 Å². The third-order valence-corrected chi connectivity index (χ3v) is 2.89. The normalized spacial score (nSPS) is 10.1. The fourth-order valence-corrected chi connectivity index (χ4v) is 1.92. The van der Waals surface area contributed by atoms with Crippen molar-refractivity contribution >= 4 is 17.4 Å². The van der Waals surface area contributed by atoms with Crippen LogP contribution in [-0.4, -0.2) is 29.4 Å². The van der Waals surface area contributed by atoms with E-state index in [4.69, 9.17) is 5.73 Å². The van der Waals surface area contributed by atoms with E-state index in [1.54, 1.807) is 36.2 Å². The molecule has 0 unspecified atom stereocenters. The molecule has 21 heavy (non-hydrogen) atoms. The van der Waals surface area contributed by atoms with Gasteiger partial charge in [-0.2, -0.15) is 0 Å². The molecule has 1 aromatic heterocycles. The second kappa shape index (κ2) is 6.00. The van der Waals surface area contributed by atoms with Gasteiger partial charge in [0, 0.05) is 18.7 Å². The van der Waals surface area contributed by atoms with Gasteiger partial charge in [-0.1, -0.05) is 30.3 Å². The molecule has 0 radical (unpaired) electrons. The number of carbonyl (C=O) groups is 1. The molecule has 2 rings (SSSR count). The molecular formula is C14H14N4O3. The summed E-state index contributed by atoms with van der Waals surface area (Å²) in [6, 6.07) is 11.7. The summed E-state index contributed by atoms with van der Waals surface area (Å²) in [6.45, 7) is -0.0148. The smallest absolute Gasteiger partial charge is 0.295 e. The summed E-state index contributed by atoms with van der Waals surface area (Å²) in [5.74, 6) is -0.0582. The molecule has 1 heterocycles. The maximum absolute atomic E-state index is 11.1. The first kappa shape index (κ1) is 14.4. The van der Waals surface area contributed by atoms with E-state index in [0.29, 0.717) is 11.4 Å². The van der Waals surface area contributed by atoms with Crippen LogP contribution in [0.4, 0.5) is 11.5 Å². The van der Waals surface area contributed by atoms with Crippen LogP contribution in [0.5, 0.6) is 0 Å². The van der Waals surface area contributed by atoms with Gasteiger partial charge in [-0.05, 0) is 6.07 Å². The molecule has 0 aliphatic rings. The quantitative estimate of drug-likeness (QED) is 0.664. The summed E-state index contributed by atoms with van der Waals surface area (Å²) < 4.78 is 0. The number of amides is 1. The second-order valence-corrected chi connectivity index (χ2v) is 4.48. The van der Waals surface area contributed by atoms with Gasteiger partial charge in [-0.3, -0.25) is 14.9 Å². The van der Waals surface area contributed by atoms with Gasteiger partial charge < -0.3 is 10.6 Å². The number of rotatable bonds is 5. The van der Waals surface area contributed by atoms with Gasteiger partial charge in [0.1, 0.15) is 5.82 Å². The molecule has 7 nitrogen and oxygen atoms in total. The van der Waals surface area contributed by atoms with Gasteiger partial charge in [-0.15, -0.1) is 0 Å². The first-order chi connectivity index (χ1) is 9.99. The van der Waals surface area contributed by atoms with Crippen LogP contribution in [0.25, 0.3) is 11.3 Å². The highest BCUT2D eigenvalue weighted by Crippen LogP contribution is 2.29. The Morgan fingerprint density at radius 2 is 1.95 bits per heavy atom. The molecule has 7 heteroatoms. The number of likely N-dealkylation sites (N-methyl/N-ethyl adjacent to an activating group) is 1. The average molecular weight is 286 g/mol. The molecular weight excluding hydrogens is 272 g/mol. The second-order valence-electron chi connectivity index (χ2n) is 4.48. The topological polar surface area (TPSA) is 102 Å². The molecule has 0 aliphatic carbocycles. The molecule has 0 fully saturated rings. The molecule has 0 atom stereocenters. The summed E-state index contributed by atoms with van der Waals surface area (Å²) in [5, 5.41) is 11.1. The lowest BCUT2D eigenvalue weighted by atomic mass is 10.1. The minimum Gasteiger partial charge on any atom is -0.368 e. The van der Waals surface area contributed by atoms with E-state index >= 15 is 0 Å². The fraction of sp³-hybridized carbons (Fsp3) is 0.143. The molecule has 1 aromatic carbocycles. The summed E-state index contributed by atoms with van der Waals surface area (Å²) >= 11 is 0. The SMILES string of the molecule is CN(CC(N)=O)c1ccc([N+](=O)[O-])c(-c2ccccc2)n1. The Labute approximate surface area is 121 Å². The Morgan fingerprint density at radius 3 is 2.52 bits per heavy atom. The minimum atomic E-state index is -0.501. The van der Waals surface area contributed by atoms with Crippen LogP contribution in [0.1, 0.15) is 0 Å². The van der Waals surface area contributed by atoms with E-state index in [1.165, 1.54) is 12.1 Å². The van der Waals surface area contributed by atoms with Crippen molar-refractivity contribution in [1.82, 2.24) is 4.98 Å². The van der Waals surface area contributed by atoms with E-state index in [-0.39, 0.29) is 17.9 Å². The fourth-order valence-electron chi connectivity index (χ4n) is 1.92. The zero-order valence-corrected chi connectivity index (χ0v) is 11.4. The largest absolute Gasteiger partial charge is 0.368 e. The zero-order valence-electron chi connectivity index (χ0n) is 11.4. The molecule has 0 bridgehead atoms. The number of pyridine rings is 1. The first-order valence-electron chi connectivity index (χ1n) is 6.19. The van der Waals surface area contributed by atoms with Crippen molar-refractivity contribution in [2.75, 3.05) is 18.5 Å². The standard InChI is InChI=1S/C14H14N4O3/c1-17(9-12(15)19)13-8-7-11(18(20)21)14(16-13)10-5-3-2-4-6-10/h2-8H,9H2,1H3,(H2,15,19). The lowest BCUT2D eigenvalue weighted by molar-refractivity contribution is -0.384. The number of nitrogens with zero attached hydrogens (tertiary/aromatic N) is 3. The van der Waals surface area contributed by atoms with E-state index in [1.807, 2.05) is 6.07 Å². The molecule has 2 aromatic rings. The van der Waals surface area contributed by atoms with Crippen molar-refractivity contribution in [3.63, 3.8) is 0 Å². The maximum atomic E-state index is 11.1. The first-order valence-corrected chi connectivity index (χ1v) is 6.19. The number of hydrogen-bond donors (Lipinski definition) is 1. The van der Waals surface area contributed by atoms with Crippen LogP contribution < -0.4 is 10.6 Å². The summed E-state index contributed by atoms with van der Waals surface area (Å²) in [6.07, 6.45) is 0. The molecule has 0 saturated heterocycles.